The van der Waals surface area contributed by atoms with E-state index in [9.17, 15) is 9.59 Å². The van der Waals surface area contributed by atoms with E-state index in [2.05, 4.69) is 20.6 Å². The standard InChI is InChI=1S/C32H48N6O4/c1-25(41-31(39)37-27-19-13-11-14-20-27)35-29(33)23-17-9-7-5-3-4-6-8-10-18-24-30(34)36-26(2)42-32(40)38-28-21-15-12-16-22-28/h11-16,19-22,25-26H,3-10,17-18,23-24H2,1-2H3,(H2,33,35)(H2,34,36)(H,37,39)(H,38,40). The fraction of sp³-hybridized carbons (Fsp3) is 0.500. The van der Waals surface area contributed by atoms with Crippen molar-refractivity contribution in [3.05, 3.63) is 60.7 Å². The largest absolute Gasteiger partial charge is 0.424 e. The van der Waals surface area contributed by atoms with Crippen LogP contribution in [0.25, 0.3) is 0 Å². The second-order valence-corrected chi connectivity index (χ2v) is 10.3. The molecule has 0 aliphatic heterocycles. The number of unbranched alkanes of at least 4 members (excludes halogenated alkanes) is 9. The molecule has 2 amide bonds. The number of ether oxygens (including phenoxy) is 2. The summed E-state index contributed by atoms with van der Waals surface area (Å²) in [6, 6.07) is 18.3. The molecule has 6 N–H and O–H groups in total. The molecule has 0 saturated carbocycles. The van der Waals surface area contributed by atoms with Crippen LogP contribution in [0.15, 0.2) is 70.6 Å². The van der Waals surface area contributed by atoms with Crippen LogP contribution in [0.4, 0.5) is 21.0 Å². The Morgan fingerprint density at radius 2 is 0.905 bits per heavy atom. The van der Waals surface area contributed by atoms with E-state index >= 15 is 0 Å². The fourth-order valence-corrected chi connectivity index (χ4v) is 4.32. The van der Waals surface area contributed by atoms with E-state index in [0.717, 1.165) is 25.7 Å². The van der Waals surface area contributed by atoms with E-state index in [0.29, 0.717) is 35.9 Å². The Kier molecular flexibility index (Phi) is 16.9. The van der Waals surface area contributed by atoms with Gasteiger partial charge in [-0.15, -0.1) is 0 Å². The Bertz CT molecular complexity index is 1010. The zero-order valence-corrected chi connectivity index (χ0v) is 25.1. The molecule has 10 heteroatoms. The predicted octanol–water partition coefficient (Wildman–Crippen LogP) is 7.57. The predicted molar refractivity (Wildman–Crippen MR) is 171 cm³/mol. The van der Waals surface area contributed by atoms with Gasteiger partial charge in [-0.25, -0.2) is 19.6 Å². The third-order valence-corrected chi connectivity index (χ3v) is 6.41. The number of para-hydroxylation sites is 2. The zero-order chi connectivity index (χ0) is 30.4. The third-order valence-electron chi connectivity index (χ3n) is 6.41. The van der Waals surface area contributed by atoms with Crippen molar-refractivity contribution < 1.29 is 19.1 Å². The lowest BCUT2D eigenvalue weighted by Gasteiger charge is -2.11. The molecule has 0 heterocycles. The SMILES string of the molecule is CC(/N=C(\N)CCCCCCCCCCCC/C(N)=N/C(C)OC(=O)Nc1ccccc1)OC(=O)Nc1ccccc1. The monoisotopic (exact) mass is 580 g/mol. The summed E-state index contributed by atoms with van der Waals surface area (Å²) in [5, 5.41) is 5.32. The summed E-state index contributed by atoms with van der Waals surface area (Å²) in [6.07, 6.45) is 10.4. The Morgan fingerprint density at radius 1 is 0.595 bits per heavy atom. The van der Waals surface area contributed by atoms with Gasteiger partial charge in [0.05, 0.1) is 11.7 Å². The van der Waals surface area contributed by atoms with E-state index < -0.39 is 24.6 Å². The molecular weight excluding hydrogens is 532 g/mol. The summed E-state index contributed by atoms with van der Waals surface area (Å²) in [5.41, 5.74) is 13.4. The van der Waals surface area contributed by atoms with Gasteiger partial charge in [-0.1, -0.05) is 87.8 Å². The van der Waals surface area contributed by atoms with Crippen molar-refractivity contribution in [2.75, 3.05) is 10.6 Å². The smallest absolute Gasteiger partial charge is 0.413 e. The van der Waals surface area contributed by atoms with E-state index in [-0.39, 0.29) is 0 Å². The number of hydrogen-bond acceptors (Lipinski definition) is 6. The van der Waals surface area contributed by atoms with Gasteiger partial charge >= 0.3 is 12.2 Å². The lowest BCUT2D eigenvalue weighted by Crippen LogP contribution is -2.22. The van der Waals surface area contributed by atoms with Crippen molar-refractivity contribution in [3.63, 3.8) is 0 Å². The van der Waals surface area contributed by atoms with Crippen LogP contribution in [0.2, 0.25) is 0 Å². The Morgan fingerprint density at radius 3 is 1.24 bits per heavy atom. The van der Waals surface area contributed by atoms with Crippen LogP contribution in [0.5, 0.6) is 0 Å². The number of anilines is 2. The number of benzene rings is 2. The summed E-state index contributed by atoms with van der Waals surface area (Å²) < 4.78 is 10.5. The van der Waals surface area contributed by atoms with Crippen molar-refractivity contribution in [1.82, 2.24) is 0 Å². The zero-order valence-electron chi connectivity index (χ0n) is 25.1. The number of nitrogens with two attached hydrogens (primary N) is 2. The highest BCUT2D eigenvalue weighted by Gasteiger charge is 2.10. The van der Waals surface area contributed by atoms with Gasteiger partial charge in [0.25, 0.3) is 0 Å². The summed E-state index contributed by atoms with van der Waals surface area (Å²) in [5.74, 6) is 1.02. The number of nitrogens with zero attached hydrogens (tertiary/aromatic N) is 2. The average molecular weight is 581 g/mol. The van der Waals surface area contributed by atoms with Gasteiger partial charge in [-0.05, 0) is 51.0 Å². The van der Waals surface area contributed by atoms with Crippen molar-refractivity contribution in [1.29, 1.82) is 0 Å². The number of aliphatic imine (C=N–C) groups is 2. The lowest BCUT2D eigenvalue weighted by molar-refractivity contribution is 0.124. The normalized spacial score (nSPS) is 13.2. The first-order chi connectivity index (χ1) is 20.3. The van der Waals surface area contributed by atoms with Crippen molar-refractivity contribution in [2.45, 2.75) is 103 Å². The van der Waals surface area contributed by atoms with Gasteiger partial charge in [-0.3, -0.25) is 10.6 Å². The van der Waals surface area contributed by atoms with E-state index in [1.165, 1.54) is 38.5 Å². The fourth-order valence-electron chi connectivity index (χ4n) is 4.32. The molecule has 42 heavy (non-hydrogen) atoms. The molecule has 0 aliphatic carbocycles. The van der Waals surface area contributed by atoms with Crippen LogP contribution in [0, 0.1) is 0 Å². The summed E-state index contributed by atoms with van der Waals surface area (Å²) in [7, 11) is 0. The molecule has 0 radical (unpaired) electrons. The second kappa shape index (κ2) is 20.7. The molecule has 2 aromatic rings. The van der Waals surface area contributed by atoms with Crippen LogP contribution >= 0.6 is 0 Å². The maximum atomic E-state index is 11.9. The minimum Gasteiger partial charge on any atom is -0.424 e. The summed E-state index contributed by atoms with van der Waals surface area (Å²) in [4.78, 5) is 32.4. The van der Waals surface area contributed by atoms with Crippen molar-refractivity contribution in [3.8, 4) is 0 Å². The van der Waals surface area contributed by atoms with E-state index in [4.69, 9.17) is 20.9 Å². The molecule has 0 bridgehead atoms. The molecule has 2 aromatic carbocycles. The second-order valence-electron chi connectivity index (χ2n) is 10.3. The van der Waals surface area contributed by atoms with Gasteiger partial charge in [0.15, 0.2) is 12.5 Å². The molecule has 0 saturated heterocycles. The van der Waals surface area contributed by atoms with Crippen molar-refractivity contribution >= 4 is 35.2 Å². The number of amidine groups is 2. The number of carbonyl (C=O) groups is 2. The molecule has 0 aliphatic rings. The highest BCUT2D eigenvalue weighted by molar-refractivity contribution is 5.85. The van der Waals surface area contributed by atoms with E-state index in [1.807, 2.05) is 36.4 Å². The number of hydrogen-bond donors (Lipinski definition) is 4. The van der Waals surface area contributed by atoms with Crippen LogP contribution in [0.1, 0.15) is 90.9 Å². The summed E-state index contributed by atoms with van der Waals surface area (Å²) in [6.45, 7) is 3.40. The number of rotatable bonds is 19. The van der Waals surface area contributed by atoms with Crippen LogP contribution in [-0.2, 0) is 9.47 Å². The van der Waals surface area contributed by atoms with Crippen LogP contribution in [-0.4, -0.2) is 36.3 Å². The molecule has 10 nitrogen and oxygen atoms in total. The number of amides is 2. The first-order valence-corrected chi connectivity index (χ1v) is 15.0. The molecule has 0 fully saturated rings. The van der Waals surface area contributed by atoms with Gasteiger partial charge < -0.3 is 20.9 Å². The highest BCUT2D eigenvalue weighted by Crippen LogP contribution is 2.13. The van der Waals surface area contributed by atoms with Crippen LogP contribution < -0.4 is 22.1 Å². The minimum absolute atomic E-state index is 0.510. The molecule has 2 unspecified atom stereocenters. The van der Waals surface area contributed by atoms with Crippen LogP contribution in [0.3, 0.4) is 0 Å². The van der Waals surface area contributed by atoms with E-state index in [1.54, 1.807) is 38.1 Å². The topological polar surface area (TPSA) is 153 Å². The Balaban J connectivity index is 1.41. The lowest BCUT2D eigenvalue weighted by atomic mass is 10.0. The molecule has 2 atom stereocenters. The minimum atomic E-state index is -0.631. The molecule has 0 aromatic heterocycles. The van der Waals surface area contributed by atoms with Gasteiger partial charge in [0.1, 0.15) is 0 Å². The average Bonchev–Trinajstić information content (AvgIpc) is 2.94. The first-order valence-electron chi connectivity index (χ1n) is 15.0. The Labute approximate surface area is 250 Å². The van der Waals surface area contributed by atoms with Gasteiger partial charge in [0.2, 0.25) is 0 Å². The molecule has 2 rings (SSSR count). The van der Waals surface area contributed by atoms with Crippen molar-refractivity contribution in [2.24, 2.45) is 21.5 Å². The summed E-state index contributed by atoms with van der Waals surface area (Å²) >= 11 is 0. The van der Waals surface area contributed by atoms with Gasteiger partial charge in [0, 0.05) is 24.2 Å². The van der Waals surface area contributed by atoms with Gasteiger partial charge in [-0.2, -0.15) is 0 Å². The Hall–Kier alpha value is -4.08. The molecule has 230 valence electrons. The highest BCUT2D eigenvalue weighted by atomic mass is 16.6. The maximum absolute atomic E-state index is 11.9. The molecule has 0 spiro atoms. The number of nitrogens with one attached hydrogen (secondary N) is 2. The quantitative estimate of drug-likeness (QED) is 0.0763. The first kappa shape index (κ1) is 34.1. The number of carbonyl (C=O) groups excluding carboxylic acids is 2. The molecular formula is C32H48N6O4. The maximum Gasteiger partial charge on any atom is 0.413 e. The third kappa shape index (κ3) is 16.9.